The van der Waals surface area contributed by atoms with Crippen LogP contribution < -0.4 is 25.4 Å². The highest BCUT2D eigenvalue weighted by atomic mass is 16.5. The van der Waals surface area contributed by atoms with Gasteiger partial charge in [0.15, 0.2) is 0 Å². The number of allylic oxidation sites excluding steroid dienone is 2. The molecule has 0 spiro atoms. The molecule has 7 heteroatoms. The average molecular weight is 520 g/mol. The maximum Gasteiger partial charge on any atom is 0.251 e. The Morgan fingerprint density at radius 1 is 1.00 bits per heavy atom. The molecule has 2 amide bonds. The first-order valence-corrected chi connectivity index (χ1v) is 13.3. The number of hydrogen-bond donors (Lipinski definition) is 3. The molecule has 0 fully saturated rings. The highest BCUT2D eigenvalue weighted by molar-refractivity contribution is 5.99. The van der Waals surface area contributed by atoms with Gasteiger partial charge in [0.1, 0.15) is 17.5 Å². The zero-order valence-electron chi connectivity index (χ0n) is 23.2. The molecule has 2 aromatic carbocycles. The summed E-state index contributed by atoms with van der Waals surface area (Å²) in [5.74, 6) is 1.98. The summed E-state index contributed by atoms with van der Waals surface area (Å²) >= 11 is 0. The van der Waals surface area contributed by atoms with Crippen LogP contribution in [-0.4, -0.2) is 44.7 Å². The summed E-state index contributed by atoms with van der Waals surface area (Å²) < 4.78 is 11.0. The van der Waals surface area contributed by atoms with Gasteiger partial charge in [0.05, 0.1) is 13.7 Å². The Hall–Kier alpha value is -3.74. The van der Waals surface area contributed by atoms with E-state index < -0.39 is 6.04 Å². The lowest BCUT2D eigenvalue weighted by atomic mass is 9.90. The van der Waals surface area contributed by atoms with E-state index >= 15 is 0 Å². The van der Waals surface area contributed by atoms with Gasteiger partial charge in [0.25, 0.3) is 5.91 Å². The molecule has 1 unspecified atom stereocenters. The molecule has 3 N–H and O–H groups in total. The van der Waals surface area contributed by atoms with Gasteiger partial charge < -0.3 is 25.4 Å². The van der Waals surface area contributed by atoms with Crippen LogP contribution >= 0.6 is 0 Å². The Kier molecular flexibility index (Phi) is 10.8. The minimum Gasteiger partial charge on any atom is -0.497 e. The maximum atomic E-state index is 13.2. The Morgan fingerprint density at radius 3 is 2.32 bits per heavy atom. The van der Waals surface area contributed by atoms with Crippen LogP contribution in [0.4, 0.5) is 5.69 Å². The minimum absolute atomic E-state index is 0.222. The van der Waals surface area contributed by atoms with Crippen molar-refractivity contribution >= 4 is 17.5 Å². The second-order valence-corrected chi connectivity index (χ2v) is 10.2. The molecule has 1 aliphatic carbocycles. The lowest BCUT2D eigenvalue weighted by Gasteiger charge is -2.22. The average Bonchev–Trinajstić information content (AvgIpc) is 2.92. The molecule has 1 aliphatic rings. The van der Waals surface area contributed by atoms with Crippen molar-refractivity contribution in [2.24, 2.45) is 11.8 Å². The molecule has 0 aromatic heterocycles. The normalized spacial score (nSPS) is 15.7. The zero-order chi connectivity index (χ0) is 27.5. The first-order valence-electron chi connectivity index (χ1n) is 13.3. The fraction of sp³-hybridized carbons (Fsp3) is 0.419. The topological polar surface area (TPSA) is 88.7 Å². The van der Waals surface area contributed by atoms with Gasteiger partial charge in [-0.15, -0.1) is 0 Å². The third-order valence-electron chi connectivity index (χ3n) is 6.53. The summed E-state index contributed by atoms with van der Waals surface area (Å²) in [4.78, 5) is 26.3. The largest absolute Gasteiger partial charge is 0.497 e. The van der Waals surface area contributed by atoms with Crippen LogP contribution in [0.2, 0.25) is 0 Å². The number of methoxy groups -OCH3 is 1. The van der Waals surface area contributed by atoms with Crippen LogP contribution in [0.1, 0.15) is 39.7 Å². The molecular formula is C31H41N3O4. The molecule has 2 atom stereocenters. The molecule has 38 heavy (non-hydrogen) atoms. The third-order valence-corrected chi connectivity index (χ3v) is 6.53. The number of nitrogens with one attached hydrogen (secondary N) is 3. The highest BCUT2D eigenvalue weighted by Crippen LogP contribution is 2.23. The van der Waals surface area contributed by atoms with Crippen molar-refractivity contribution < 1.29 is 19.1 Å². The van der Waals surface area contributed by atoms with Crippen LogP contribution in [0.25, 0.3) is 0 Å². The number of carbonyl (C=O) groups is 2. The van der Waals surface area contributed by atoms with Crippen molar-refractivity contribution in [3.05, 3.63) is 77.4 Å². The van der Waals surface area contributed by atoms with Gasteiger partial charge >= 0.3 is 0 Å². The Bertz CT molecular complexity index is 1120. The van der Waals surface area contributed by atoms with E-state index in [-0.39, 0.29) is 11.8 Å². The first-order chi connectivity index (χ1) is 18.2. The second-order valence-electron chi connectivity index (χ2n) is 10.2. The fourth-order valence-corrected chi connectivity index (χ4v) is 3.99. The quantitative estimate of drug-likeness (QED) is 0.328. The van der Waals surface area contributed by atoms with Gasteiger partial charge in [0, 0.05) is 30.8 Å². The van der Waals surface area contributed by atoms with E-state index in [9.17, 15) is 9.59 Å². The number of ether oxygens (including phenoxy) is 2. The molecule has 0 saturated heterocycles. The molecule has 0 radical (unpaired) electrons. The fourth-order valence-electron chi connectivity index (χ4n) is 3.99. The van der Waals surface area contributed by atoms with Crippen molar-refractivity contribution in [2.75, 3.05) is 32.1 Å². The molecule has 0 saturated carbocycles. The summed E-state index contributed by atoms with van der Waals surface area (Å²) in [7, 11) is 1.63. The predicted molar refractivity (Wildman–Crippen MR) is 153 cm³/mol. The van der Waals surface area contributed by atoms with Gasteiger partial charge in [-0.2, -0.15) is 0 Å². The monoisotopic (exact) mass is 519 g/mol. The van der Waals surface area contributed by atoms with Crippen LogP contribution in [0.5, 0.6) is 11.5 Å². The maximum absolute atomic E-state index is 13.2. The van der Waals surface area contributed by atoms with Crippen molar-refractivity contribution in [3.8, 4) is 11.5 Å². The van der Waals surface area contributed by atoms with Gasteiger partial charge in [-0.25, -0.2) is 0 Å². The summed E-state index contributed by atoms with van der Waals surface area (Å²) in [6.07, 6.45) is 5.05. The van der Waals surface area contributed by atoms with Crippen molar-refractivity contribution in [3.63, 3.8) is 0 Å². The first kappa shape index (κ1) is 28.8. The molecule has 0 aliphatic heterocycles. The lowest BCUT2D eigenvalue weighted by molar-refractivity contribution is -0.127. The van der Waals surface area contributed by atoms with E-state index in [1.807, 2.05) is 67.6 Å². The molecular weight excluding hydrogens is 478 g/mol. The number of rotatable bonds is 13. The van der Waals surface area contributed by atoms with E-state index in [0.29, 0.717) is 43.5 Å². The summed E-state index contributed by atoms with van der Waals surface area (Å²) in [5, 5.41) is 9.21. The van der Waals surface area contributed by atoms with Crippen LogP contribution in [0, 0.1) is 11.8 Å². The Labute approximate surface area is 226 Å². The van der Waals surface area contributed by atoms with Crippen LogP contribution in [-0.2, 0) is 16.0 Å². The van der Waals surface area contributed by atoms with Crippen molar-refractivity contribution in [1.82, 2.24) is 10.6 Å². The Morgan fingerprint density at radius 2 is 1.68 bits per heavy atom. The number of benzene rings is 2. The van der Waals surface area contributed by atoms with Gasteiger partial charge in [-0.1, -0.05) is 50.6 Å². The Balaban J connectivity index is 1.62. The van der Waals surface area contributed by atoms with Gasteiger partial charge in [-0.05, 0) is 67.1 Å². The molecule has 204 valence electrons. The third kappa shape index (κ3) is 8.98. The van der Waals surface area contributed by atoms with E-state index in [4.69, 9.17) is 9.47 Å². The number of anilines is 1. The number of hydrogen-bond acceptors (Lipinski definition) is 5. The second kappa shape index (κ2) is 14.3. The minimum atomic E-state index is -0.708. The molecule has 0 bridgehead atoms. The SMILES string of the molecule is COc1ccc(NCCNC(=O)[C@H](Cc2ccc(OCC(C)C)cc2)NC(=O)C2=CCC(C)C(C)=C2)cc1. The number of amides is 2. The molecule has 2 aromatic rings. The highest BCUT2D eigenvalue weighted by Gasteiger charge is 2.23. The smallest absolute Gasteiger partial charge is 0.251 e. The van der Waals surface area contributed by atoms with E-state index in [1.54, 1.807) is 7.11 Å². The lowest BCUT2D eigenvalue weighted by Crippen LogP contribution is -2.49. The predicted octanol–water partition coefficient (Wildman–Crippen LogP) is 4.90. The van der Waals surface area contributed by atoms with E-state index in [1.165, 1.54) is 5.57 Å². The molecule has 7 nitrogen and oxygen atoms in total. The van der Waals surface area contributed by atoms with Gasteiger partial charge in [0.2, 0.25) is 5.91 Å². The van der Waals surface area contributed by atoms with Crippen molar-refractivity contribution in [1.29, 1.82) is 0 Å². The summed E-state index contributed by atoms with van der Waals surface area (Å²) in [6, 6.07) is 14.6. The zero-order valence-corrected chi connectivity index (χ0v) is 23.2. The summed E-state index contributed by atoms with van der Waals surface area (Å²) in [5.41, 5.74) is 3.65. The van der Waals surface area contributed by atoms with Gasteiger partial charge in [-0.3, -0.25) is 9.59 Å². The van der Waals surface area contributed by atoms with E-state index in [2.05, 4.69) is 36.7 Å². The molecule has 3 rings (SSSR count). The molecule has 0 heterocycles. The number of carbonyl (C=O) groups excluding carboxylic acids is 2. The van der Waals surface area contributed by atoms with E-state index in [0.717, 1.165) is 29.2 Å². The standard InChI is InChI=1S/C31H41N3O4/c1-21(2)20-38-28-12-7-24(8-13-28)19-29(34-30(35)25-9-6-22(3)23(4)18-25)31(36)33-17-16-32-26-10-14-27(37-5)15-11-26/h7-15,18,21-22,29,32H,6,16-17,19-20H2,1-5H3,(H,33,36)(H,34,35)/t22?,29-/m0/s1. The summed E-state index contributed by atoms with van der Waals surface area (Å²) in [6.45, 7) is 9.99. The van der Waals surface area contributed by atoms with Crippen LogP contribution in [0.15, 0.2) is 71.8 Å². The van der Waals surface area contributed by atoms with Crippen molar-refractivity contribution in [2.45, 2.75) is 46.6 Å². The van der Waals surface area contributed by atoms with Crippen LogP contribution in [0.3, 0.4) is 0 Å².